The lowest BCUT2D eigenvalue weighted by Crippen LogP contribution is -2.42. The predicted octanol–water partition coefficient (Wildman–Crippen LogP) is 0.595. The van der Waals surface area contributed by atoms with Crippen LogP contribution < -0.4 is 10.5 Å². The normalized spacial score (nSPS) is 13.3. The van der Waals surface area contributed by atoms with E-state index in [1.165, 1.54) is 20.8 Å². The summed E-state index contributed by atoms with van der Waals surface area (Å²) >= 11 is 0. The van der Waals surface area contributed by atoms with Gasteiger partial charge >= 0.3 is 0 Å². The standard InChI is InChI=1S/C11H15FN2O3S/c1-6-4-9(12)5-7(2)10(6)18(16,17)14-8(3)11(13)15/h4-5,8,14H,1-3H3,(H2,13,15). The zero-order valence-electron chi connectivity index (χ0n) is 10.3. The molecule has 0 saturated heterocycles. The lowest BCUT2D eigenvalue weighted by Gasteiger charge is -2.14. The SMILES string of the molecule is Cc1cc(F)cc(C)c1S(=O)(=O)NC(C)C(N)=O. The van der Waals surface area contributed by atoms with E-state index in [0.29, 0.717) is 0 Å². The van der Waals surface area contributed by atoms with Crippen molar-refractivity contribution in [1.82, 2.24) is 4.72 Å². The summed E-state index contributed by atoms with van der Waals surface area (Å²) in [5.74, 6) is -1.29. The van der Waals surface area contributed by atoms with E-state index >= 15 is 0 Å². The topological polar surface area (TPSA) is 89.3 Å². The number of halogens is 1. The molecule has 0 aliphatic rings. The molecule has 0 spiro atoms. The molecule has 5 nitrogen and oxygen atoms in total. The molecule has 1 amide bonds. The van der Waals surface area contributed by atoms with Crippen molar-refractivity contribution >= 4 is 15.9 Å². The molecule has 1 atom stereocenters. The minimum Gasteiger partial charge on any atom is -0.368 e. The van der Waals surface area contributed by atoms with Crippen LogP contribution in [-0.4, -0.2) is 20.4 Å². The first-order valence-corrected chi connectivity index (χ1v) is 6.72. The number of aryl methyl sites for hydroxylation is 2. The van der Waals surface area contributed by atoms with Gasteiger partial charge in [-0.3, -0.25) is 4.79 Å². The third-order valence-corrected chi connectivity index (χ3v) is 4.30. The van der Waals surface area contributed by atoms with Crippen molar-refractivity contribution in [2.24, 2.45) is 5.73 Å². The molecule has 0 aliphatic carbocycles. The van der Waals surface area contributed by atoms with Crippen LogP contribution in [0.15, 0.2) is 17.0 Å². The number of benzene rings is 1. The molecule has 0 heterocycles. The Bertz CT molecular complexity index is 561. The Morgan fingerprint density at radius 3 is 2.17 bits per heavy atom. The van der Waals surface area contributed by atoms with Crippen molar-refractivity contribution < 1.29 is 17.6 Å². The van der Waals surface area contributed by atoms with Gasteiger partial charge in [-0.25, -0.2) is 12.8 Å². The zero-order chi connectivity index (χ0) is 14.1. The number of primary amides is 1. The van der Waals surface area contributed by atoms with Gasteiger partial charge in [-0.2, -0.15) is 4.72 Å². The summed E-state index contributed by atoms with van der Waals surface area (Å²) in [5, 5.41) is 0. The van der Waals surface area contributed by atoms with Crippen molar-refractivity contribution in [3.8, 4) is 0 Å². The van der Waals surface area contributed by atoms with Crippen molar-refractivity contribution in [2.45, 2.75) is 31.7 Å². The van der Waals surface area contributed by atoms with Gasteiger partial charge in [0.1, 0.15) is 5.82 Å². The first-order valence-electron chi connectivity index (χ1n) is 5.23. The molecule has 1 unspecified atom stereocenters. The fraction of sp³-hybridized carbons (Fsp3) is 0.364. The Labute approximate surface area is 105 Å². The van der Waals surface area contributed by atoms with Crippen molar-refractivity contribution in [2.75, 3.05) is 0 Å². The Hall–Kier alpha value is -1.47. The van der Waals surface area contributed by atoms with Crippen LogP contribution in [0.1, 0.15) is 18.1 Å². The van der Waals surface area contributed by atoms with Gasteiger partial charge in [-0.1, -0.05) is 0 Å². The number of rotatable bonds is 4. The minimum absolute atomic E-state index is 0.0306. The average Bonchev–Trinajstić information content (AvgIpc) is 2.13. The van der Waals surface area contributed by atoms with Crippen molar-refractivity contribution in [3.05, 3.63) is 29.1 Å². The molecule has 7 heteroatoms. The molecule has 0 aromatic heterocycles. The second-order valence-electron chi connectivity index (χ2n) is 4.11. The second-order valence-corrected chi connectivity index (χ2v) is 5.76. The Kier molecular flexibility index (Phi) is 4.08. The second kappa shape index (κ2) is 5.03. The van der Waals surface area contributed by atoms with Gasteiger partial charge in [0.2, 0.25) is 15.9 Å². The molecule has 1 aromatic carbocycles. The van der Waals surface area contributed by atoms with Gasteiger partial charge in [-0.15, -0.1) is 0 Å². The number of amides is 1. The maximum Gasteiger partial charge on any atom is 0.241 e. The van der Waals surface area contributed by atoms with Gasteiger partial charge in [0.15, 0.2) is 0 Å². The molecule has 0 bridgehead atoms. The summed E-state index contributed by atoms with van der Waals surface area (Å²) in [4.78, 5) is 10.8. The summed E-state index contributed by atoms with van der Waals surface area (Å²) in [6.45, 7) is 4.31. The van der Waals surface area contributed by atoms with Crippen LogP contribution in [0.4, 0.5) is 4.39 Å². The molecule has 0 radical (unpaired) electrons. The largest absolute Gasteiger partial charge is 0.368 e. The predicted molar refractivity (Wildman–Crippen MR) is 64.9 cm³/mol. The van der Waals surface area contributed by atoms with Crippen LogP contribution in [0.5, 0.6) is 0 Å². The average molecular weight is 274 g/mol. The summed E-state index contributed by atoms with van der Waals surface area (Å²) in [7, 11) is -3.90. The number of nitrogens with one attached hydrogen (secondary N) is 1. The van der Waals surface area contributed by atoms with Crippen LogP contribution >= 0.6 is 0 Å². The first kappa shape index (κ1) is 14.6. The van der Waals surface area contributed by atoms with Gasteiger partial charge in [-0.05, 0) is 44.0 Å². The van der Waals surface area contributed by atoms with Crippen LogP contribution in [-0.2, 0) is 14.8 Å². The molecule has 3 N–H and O–H groups in total. The quantitative estimate of drug-likeness (QED) is 0.842. The third-order valence-electron chi connectivity index (χ3n) is 2.45. The van der Waals surface area contributed by atoms with Gasteiger partial charge in [0.25, 0.3) is 0 Å². The van der Waals surface area contributed by atoms with E-state index in [0.717, 1.165) is 12.1 Å². The molecular weight excluding hydrogens is 259 g/mol. The maximum absolute atomic E-state index is 13.1. The van der Waals surface area contributed by atoms with E-state index in [2.05, 4.69) is 4.72 Å². The number of hydrogen-bond donors (Lipinski definition) is 2. The van der Waals surface area contributed by atoms with Crippen LogP contribution in [0, 0.1) is 19.7 Å². The van der Waals surface area contributed by atoms with E-state index in [1.807, 2.05) is 0 Å². The maximum atomic E-state index is 13.1. The first-order chi connectivity index (χ1) is 8.15. The van der Waals surface area contributed by atoms with E-state index in [1.54, 1.807) is 0 Å². The van der Waals surface area contributed by atoms with Gasteiger partial charge in [0.05, 0.1) is 10.9 Å². The molecule has 18 heavy (non-hydrogen) atoms. The highest BCUT2D eigenvalue weighted by molar-refractivity contribution is 7.89. The van der Waals surface area contributed by atoms with Crippen LogP contribution in [0.3, 0.4) is 0 Å². The zero-order valence-corrected chi connectivity index (χ0v) is 11.1. The summed E-state index contributed by atoms with van der Waals surface area (Å²) in [5.41, 5.74) is 5.54. The number of sulfonamides is 1. The lowest BCUT2D eigenvalue weighted by atomic mass is 10.1. The fourth-order valence-electron chi connectivity index (χ4n) is 1.67. The molecule has 100 valence electrons. The highest BCUT2D eigenvalue weighted by Crippen LogP contribution is 2.21. The van der Waals surface area contributed by atoms with E-state index in [-0.39, 0.29) is 16.0 Å². The number of carbonyl (C=O) groups is 1. The molecular formula is C11H15FN2O3S. The minimum atomic E-state index is -3.90. The van der Waals surface area contributed by atoms with Crippen molar-refractivity contribution in [1.29, 1.82) is 0 Å². The molecule has 1 aromatic rings. The Morgan fingerprint density at radius 1 is 1.33 bits per heavy atom. The van der Waals surface area contributed by atoms with E-state index in [9.17, 15) is 17.6 Å². The Morgan fingerprint density at radius 2 is 1.78 bits per heavy atom. The monoisotopic (exact) mass is 274 g/mol. The third kappa shape index (κ3) is 3.05. The number of hydrogen-bond acceptors (Lipinski definition) is 3. The summed E-state index contributed by atoms with van der Waals surface area (Å²) in [6, 6.07) is 1.21. The van der Waals surface area contributed by atoms with E-state index in [4.69, 9.17) is 5.73 Å². The smallest absolute Gasteiger partial charge is 0.241 e. The summed E-state index contributed by atoms with van der Waals surface area (Å²) in [6.07, 6.45) is 0. The van der Waals surface area contributed by atoms with E-state index < -0.39 is 27.8 Å². The van der Waals surface area contributed by atoms with Crippen LogP contribution in [0.25, 0.3) is 0 Å². The van der Waals surface area contributed by atoms with Gasteiger partial charge in [0, 0.05) is 0 Å². The molecule has 0 saturated carbocycles. The lowest BCUT2D eigenvalue weighted by molar-refractivity contribution is -0.119. The summed E-state index contributed by atoms with van der Waals surface area (Å²) < 4.78 is 39.4. The highest BCUT2D eigenvalue weighted by Gasteiger charge is 2.24. The Balaban J connectivity index is 3.25. The fourth-order valence-corrected chi connectivity index (χ4v) is 3.34. The van der Waals surface area contributed by atoms with Crippen LogP contribution in [0.2, 0.25) is 0 Å². The number of carbonyl (C=O) groups excluding carboxylic acids is 1. The number of nitrogens with two attached hydrogens (primary N) is 1. The molecule has 1 rings (SSSR count). The molecule has 0 aliphatic heterocycles. The highest BCUT2D eigenvalue weighted by atomic mass is 32.2. The molecule has 0 fully saturated rings. The van der Waals surface area contributed by atoms with Gasteiger partial charge < -0.3 is 5.73 Å². The van der Waals surface area contributed by atoms with Crippen molar-refractivity contribution in [3.63, 3.8) is 0 Å².